The van der Waals surface area contributed by atoms with Crippen LogP contribution < -0.4 is 4.86 Å². The number of hydrogen-bond donors (Lipinski definition) is 5. The van der Waals surface area contributed by atoms with E-state index in [1.807, 2.05) is 0 Å². The summed E-state index contributed by atoms with van der Waals surface area (Å²) in [7, 11) is -9.60. The van der Waals surface area contributed by atoms with E-state index in [-0.39, 0.29) is 59.1 Å². The van der Waals surface area contributed by atoms with Gasteiger partial charge in [-0.05, 0) is 0 Å². The minimum absolute atomic E-state index is 0. The molecule has 0 aromatic carbocycles. The SMILES string of the molecule is O=P(O)(O)NP(=O)(O)O.[NaH].[NaH]. The zero-order valence-electron chi connectivity index (χ0n) is 4.00. The van der Waals surface area contributed by atoms with Crippen molar-refractivity contribution in [1.29, 1.82) is 0 Å². The Morgan fingerprint density at radius 2 is 1.00 bits per heavy atom. The molecule has 0 unspecified atom stereocenters. The fourth-order valence-corrected chi connectivity index (χ4v) is 1.53. The molecule has 0 bridgehead atoms. The molecule has 0 radical (unpaired) electrons. The Kier molecular flexibility index (Phi) is 11.5. The normalized spacial score (nSPS) is 11.3. The van der Waals surface area contributed by atoms with E-state index in [4.69, 9.17) is 19.6 Å². The van der Waals surface area contributed by atoms with Gasteiger partial charge in [0.05, 0.1) is 0 Å². The van der Waals surface area contributed by atoms with Crippen molar-refractivity contribution >= 4 is 74.6 Å². The van der Waals surface area contributed by atoms with Crippen molar-refractivity contribution in [3.05, 3.63) is 0 Å². The average Bonchev–Trinajstić information content (AvgIpc) is 1.14. The molecular weight excluding hydrogens is 218 g/mol. The van der Waals surface area contributed by atoms with E-state index >= 15 is 0 Å². The van der Waals surface area contributed by atoms with Crippen LogP contribution in [0.25, 0.3) is 0 Å². The molecule has 11 heteroatoms. The summed E-state index contributed by atoms with van der Waals surface area (Å²) in [5, 5.41) is 0. The fraction of sp³-hybridized carbons (Fsp3) is 0. The van der Waals surface area contributed by atoms with Gasteiger partial charge in [0.1, 0.15) is 0 Å². The third kappa shape index (κ3) is 18.9. The van der Waals surface area contributed by atoms with Crippen LogP contribution in [0.5, 0.6) is 0 Å². The van der Waals surface area contributed by atoms with Gasteiger partial charge in [0.2, 0.25) is 0 Å². The van der Waals surface area contributed by atoms with Gasteiger partial charge in [-0.15, -0.1) is 4.86 Å². The van der Waals surface area contributed by atoms with Gasteiger partial charge in [-0.1, -0.05) is 0 Å². The average molecular weight is 225 g/mol. The Bertz CT molecular complexity index is 159. The Labute approximate surface area is 107 Å². The summed E-state index contributed by atoms with van der Waals surface area (Å²) in [6.07, 6.45) is 0. The Morgan fingerprint density at radius 3 is 1.00 bits per heavy atom. The predicted molar refractivity (Wildman–Crippen MR) is 41.5 cm³/mol. The molecule has 60 valence electrons. The first-order valence-electron chi connectivity index (χ1n) is 1.61. The van der Waals surface area contributed by atoms with Crippen molar-refractivity contribution in [1.82, 2.24) is 4.86 Å². The van der Waals surface area contributed by atoms with Crippen LogP contribution in [0.4, 0.5) is 0 Å². The van der Waals surface area contributed by atoms with Gasteiger partial charge < -0.3 is 19.6 Å². The zero-order chi connectivity index (χ0) is 7.71. The third-order valence-electron chi connectivity index (χ3n) is 0.261. The van der Waals surface area contributed by atoms with Gasteiger partial charge in [0.25, 0.3) is 0 Å². The van der Waals surface area contributed by atoms with Crippen LogP contribution in [0.15, 0.2) is 0 Å². The zero-order valence-corrected chi connectivity index (χ0v) is 5.79. The molecule has 5 N–H and O–H groups in total. The van der Waals surface area contributed by atoms with E-state index < -0.39 is 15.5 Å². The van der Waals surface area contributed by atoms with Crippen molar-refractivity contribution in [3.8, 4) is 0 Å². The second-order valence-corrected chi connectivity index (χ2v) is 4.16. The molecule has 11 heavy (non-hydrogen) atoms. The van der Waals surface area contributed by atoms with E-state index in [0.29, 0.717) is 0 Å². The first kappa shape index (κ1) is 18.9. The molecule has 0 aromatic heterocycles. The van der Waals surface area contributed by atoms with Gasteiger partial charge in [0.15, 0.2) is 0 Å². The summed E-state index contributed by atoms with van der Waals surface area (Å²) < 4.78 is 19.5. The standard InChI is InChI=1S/H5NO6P2.2Na.2H/c2-8(3,4)1-9(5,6)7;;;;/h(H5,1,2,3,4,5,6,7);;;;. The molecule has 0 atom stereocenters. The Balaban J connectivity index is -0.000000320. The van der Waals surface area contributed by atoms with Gasteiger partial charge in [-0.3, -0.25) is 0 Å². The Morgan fingerprint density at radius 1 is 0.818 bits per heavy atom. The number of nitrogens with one attached hydrogen (secondary N) is 1. The van der Waals surface area contributed by atoms with Gasteiger partial charge in [0, 0.05) is 0 Å². The monoisotopic (exact) mass is 225 g/mol. The second kappa shape index (κ2) is 6.68. The maximum absolute atomic E-state index is 9.74. The van der Waals surface area contributed by atoms with Crippen molar-refractivity contribution in [2.75, 3.05) is 0 Å². The van der Waals surface area contributed by atoms with Crippen molar-refractivity contribution in [2.45, 2.75) is 0 Å². The molecule has 0 saturated heterocycles. The summed E-state index contributed by atoms with van der Waals surface area (Å²) in [5.41, 5.74) is 0. The molecule has 0 saturated carbocycles. The molecule has 0 aromatic rings. The van der Waals surface area contributed by atoms with E-state index in [9.17, 15) is 9.13 Å². The maximum atomic E-state index is 9.74. The quantitative estimate of drug-likeness (QED) is 0.259. The minimum atomic E-state index is -4.80. The first-order chi connectivity index (χ1) is 3.71. The molecule has 0 rings (SSSR count). The number of rotatable bonds is 2. The van der Waals surface area contributed by atoms with Gasteiger partial charge in [-0.25, -0.2) is 9.13 Å². The van der Waals surface area contributed by atoms with E-state index in [2.05, 4.69) is 0 Å². The van der Waals surface area contributed by atoms with Gasteiger partial charge >= 0.3 is 74.6 Å². The van der Waals surface area contributed by atoms with Crippen LogP contribution in [-0.4, -0.2) is 78.7 Å². The Hall–Kier alpha value is 2.26. The fourth-order valence-electron chi connectivity index (χ4n) is 0.170. The molecule has 0 aliphatic heterocycles. The van der Waals surface area contributed by atoms with Crippen LogP contribution in [0.2, 0.25) is 0 Å². The molecule has 0 aliphatic rings. The van der Waals surface area contributed by atoms with Crippen molar-refractivity contribution in [3.63, 3.8) is 0 Å². The van der Waals surface area contributed by atoms with Crippen LogP contribution >= 0.6 is 15.5 Å². The van der Waals surface area contributed by atoms with E-state index in [1.54, 1.807) is 0 Å². The van der Waals surface area contributed by atoms with Crippen LogP contribution in [0.1, 0.15) is 0 Å². The van der Waals surface area contributed by atoms with Crippen LogP contribution in [-0.2, 0) is 9.13 Å². The van der Waals surface area contributed by atoms with Gasteiger partial charge in [-0.2, -0.15) is 0 Å². The molecule has 0 spiro atoms. The molecular formula is H7NNa2O6P2. The third-order valence-corrected chi connectivity index (χ3v) is 2.34. The van der Waals surface area contributed by atoms with E-state index in [0.717, 1.165) is 4.86 Å². The summed E-state index contributed by atoms with van der Waals surface area (Å²) >= 11 is 0. The molecule has 0 aliphatic carbocycles. The first-order valence-corrected chi connectivity index (χ1v) is 4.84. The summed E-state index contributed by atoms with van der Waals surface area (Å²) in [5.74, 6) is 0. The molecule has 7 nitrogen and oxygen atoms in total. The molecule has 0 amide bonds. The molecule has 0 heterocycles. The summed E-state index contributed by atoms with van der Waals surface area (Å²) in [4.78, 5) is 32.2. The summed E-state index contributed by atoms with van der Waals surface area (Å²) in [6, 6.07) is 0. The summed E-state index contributed by atoms with van der Waals surface area (Å²) in [6.45, 7) is 0. The number of hydrogen-bond acceptors (Lipinski definition) is 2. The molecule has 0 fully saturated rings. The van der Waals surface area contributed by atoms with E-state index in [1.165, 1.54) is 0 Å². The predicted octanol–water partition coefficient (Wildman–Crippen LogP) is -2.54. The van der Waals surface area contributed by atoms with Crippen molar-refractivity contribution in [2.24, 2.45) is 0 Å². The van der Waals surface area contributed by atoms with Crippen LogP contribution in [0.3, 0.4) is 0 Å². The van der Waals surface area contributed by atoms with Crippen LogP contribution in [0, 0.1) is 0 Å². The second-order valence-electron chi connectivity index (χ2n) is 1.19. The topological polar surface area (TPSA) is 127 Å². The van der Waals surface area contributed by atoms with Crippen molar-refractivity contribution < 1.29 is 28.7 Å².